The molecule has 0 spiro atoms. The highest BCUT2D eigenvalue weighted by Crippen LogP contribution is 2.29. The van der Waals surface area contributed by atoms with Crippen molar-refractivity contribution in [3.63, 3.8) is 0 Å². The summed E-state index contributed by atoms with van der Waals surface area (Å²) in [5.74, 6) is 0.805. The number of hydrogen-bond donors (Lipinski definition) is 2. The van der Waals surface area contributed by atoms with Crippen LogP contribution in [-0.2, 0) is 0 Å². The van der Waals surface area contributed by atoms with Crippen molar-refractivity contribution in [1.82, 2.24) is 15.6 Å². The van der Waals surface area contributed by atoms with Crippen LogP contribution in [0.1, 0.15) is 49.7 Å². The fraction of sp³-hybridized carbons (Fsp3) is 0.304. The summed E-state index contributed by atoms with van der Waals surface area (Å²) >= 11 is 0. The normalized spacial score (nSPS) is 11.4. The minimum Gasteiger partial charge on any atom is -0.490 e. The van der Waals surface area contributed by atoms with Gasteiger partial charge >= 0.3 is 0 Å². The minimum atomic E-state index is -0.517. The van der Waals surface area contributed by atoms with Crippen molar-refractivity contribution in [2.45, 2.75) is 33.6 Å². The number of hydrogen-bond acceptors (Lipinski definition) is 6. The van der Waals surface area contributed by atoms with Crippen LogP contribution >= 0.6 is 0 Å². The average Bonchev–Trinajstić information content (AvgIpc) is 2.80. The van der Waals surface area contributed by atoms with E-state index in [1.165, 1.54) is 0 Å². The molecule has 0 aliphatic rings. The molecule has 3 rings (SSSR count). The first-order valence-electron chi connectivity index (χ1n) is 10.3. The van der Waals surface area contributed by atoms with Gasteiger partial charge in [-0.15, -0.1) is 0 Å². The van der Waals surface area contributed by atoms with Crippen molar-refractivity contribution in [1.29, 1.82) is 0 Å². The van der Waals surface area contributed by atoms with Gasteiger partial charge in [-0.25, -0.2) is 10.5 Å². The number of fused-ring (bicyclic) bond motifs is 1. The molecule has 0 radical (unpaired) electrons. The Morgan fingerprint density at radius 3 is 2.42 bits per heavy atom. The van der Waals surface area contributed by atoms with Crippen molar-refractivity contribution >= 4 is 22.4 Å². The van der Waals surface area contributed by atoms with E-state index in [4.69, 9.17) is 9.47 Å². The van der Waals surface area contributed by atoms with E-state index in [1.807, 2.05) is 32.0 Å². The zero-order valence-electron chi connectivity index (χ0n) is 17.9. The third kappa shape index (κ3) is 5.28. The Morgan fingerprint density at radius 2 is 1.71 bits per heavy atom. The van der Waals surface area contributed by atoms with E-state index in [0.717, 1.165) is 18.4 Å². The third-order valence-corrected chi connectivity index (χ3v) is 4.52. The summed E-state index contributed by atoms with van der Waals surface area (Å²) in [5.41, 5.74) is 3.64. The smallest absolute Gasteiger partial charge is 0.292 e. The van der Waals surface area contributed by atoms with Gasteiger partial charge in [0.1, 0.15) is 0 Å². The maximum atomic E-state index is 12.6. The number of nitrogens with zero attached hydrogens (tertiary/aromatic N) is 2. The molecule has 0 fully saturated rings. The maximum absolute atomic E-state index is 12.6. The van der Waals surface area contributed by atoms with Crippen LogP contribution in [0.5, 0.6) is 11.5 Å². The topological polar surface area (TPSA) is 106 Å². The second kappa shape index (κ2) is 10.4. The lowest BCUT2D eigenvalue weighted by Crippen LogP contribution is -2.23. The van der Waals surface area contributed by atoms with Gasteiger partial charge in [-0.2, -0.15) is 10.2 Å². The first kappa shape index (κ1) is 22.0. The third-order valence-electron chi connectivity index (χ3n) is 4.52. The van der Waals surface area contributed by atoms with E-state index in [0.29, 0.717) is 41.2 Å². The van der Waals surface area contributed by atoms with E-state index in [2.05, 4.69) is 20.7 Å². The first-order valence-corrected chi connectivity index (χ1v) is 10.3. The highest BCUT2D eigenvalue weighted by molar-refractivity contribution is 6.06. The number of benzene rings is 2. The number of nitrogens with one attached hydrogen (secondary N) is 2. The van der Waals surface area contributed by atoms with Gasteiger partial charge in [-0.1, -0.05) is 32.0 Å². The molecule has 0 atom stereocenters. The van der Waals surface area contributed by atoms with Gasteiger partial charge < -0.3 is 9.47 Å². The highest BCUT2D eigenvalue weighted by Gasteiger charge is 2.14. The Kier molecular flexibility index (Phi) is 7.37. The Bertz CT molecular complexity index is 1150. The van der Waals surface area contributed by atoms with E-state index in [1.54, 1.807) is 31.2 Å². The van der Waals surface area contributed by atoms with Gasteiger partial charge in [0, 0.05) is 10.9 Å². The Morgan fingerprint density at radius 1 is 1.03 bits per heavy atom. The average molecular weight is 422 g/mol. The van der Waals surface area contributed by atoms with Gasteiger partial charge in [-0.05, 0) is 44.0 Å². The molecule has 8 nitrogen and oxygen atoms in total. The zero-order chi connectivity index (χ0) is 22.2. The molecular weight excluding hydrogens is 396 g/mol. The van der Waals surface area contributed by atoms with Crippen LogP contribution in [0.3, 0.4) is 0 Å². The Hall–Kier alpha value is -3.68. The molecule has 31 heavy (non-hydrogen) atoms. The number of hydrazone groups is 1. The number of H-pyrrole nitrogens is 1. The van der Waals surface area contributed by atoms with Crippen molar-refractivity contribution in [3.8, 4) is 11.5 Å². The lowest BCUT2D eigenvalue weighted by molar-refractivity contribution is 0.0950. The molecule has 0 bridgehead atoms. The number of carbonyl (C=O) groups is 1. The van der Waals surface area contributed by atoms with Gasteiger partial charge in [-0.3, -0.25) is 9.59 Å². The van der Waals surface area contributed by atoms with E-state index in [-0.39, 0.29) is 11.3 Å². The van der Waals surface area contributed by atoms with Crippen LogP contribution in [0.2, 0.25) is 0 Å². The largest absolute Gasteiger partial charge is 0.490 e. The Balaban J connectivity index is 1.82. The van der Waals surface area contributed by atoms with Gasteiger partial charge in [0.15, 0.2) is 17.2 Å². The fourth-order valence-corrected chi connectivity index (χ4v) is 2.93. The molecule has 0 saturated heterocycles. The van der Waals surface area contributed by atoms with E-state index in [9.17, 15) is 9.59 Å². The highest BCUT2D eigenvalue weighted by atomic mass is 16.5. The molecule has 0 aliphatic heterocycles. The minimum absolute atomic E-state index is 0.0991. The Labute approximate surface area is 180 Å². The molecule has 162 valence electrons. The van der Waals surface area contributed by atoms with Crippen LogP contribution in [0.4, 0.5) is 0 Å². The quantitative estimate of drug-likeness (QED) is 0.404. The predicted molar refractivity (Wildman–Crippen MR) is 120 cm³/mol. The van der Waals surface area contributed by atoms with Gasteiger partial charge in [0.05, 0.1) is 24.3 Å². The maximum Gasteiger partial charge on any atom is 0.292 e. The molecule has 2 aromatic carbocycles. The molecular formula is C23H26N4O4. The van der Waals surface area contributed by atoms with Gasteiger partial charge in [0.25, 0.3) is 11.5 Å². The van der Waals surface area contributed by atoms with Crippen LogP contribution < -0.4 is 20.5 Å². The molecule has 1 aromatic heterocycles. The SMILES string of the molecule is CCCOc1ccc(/C(C)=N/NC(=O)c2n[nH]c(=O)c3ccccc23)cc1OCCC. The monoisotopic (exact) mass is 422 g/mol. The molecule has 1 amide bonds. The number of amides is 1. The van der Waals surface area contributed by atoms with Crippen molar-refractivity contribution in [3.05, 3.63) is 64.1 Å². The summed E-state index contributed by atoms with van der Waals surface area (Å²) in [6, 6.07) is 12.3. The second-order valence-corrected chi connectivity index (χ2v) is 6.94. The number of ether oxygens (including phenoxy) is 2. The molecule has 8 heteroatoms. The molecule has 0 saturated carbocycles. The summed E-state index contributed by atoms with van der Waals surface area (Å²) in [4.78, 5) is 24.5. The molecule has 2 N–H and O–H groups in total. The summed E-state index contributed by atoms with van der Waals surface area (Å²) in [6.45, 7) is 7.03. The lowest BCUT2D eigenvalue weighted by atomic mass is 10.1. The number of carbonyl (C=O) groups excluding carboxylic acids is 1. The second-order valence-electron chi connectivity index (χ2n) is 6.94. The van der Waals surface area contributed by atoms with E-state index >= 15 is 0 Å². The van der Waals surface area contributed by atoms with Crippen molar-refractivity contribution in [2.24, 2.45) is 5.10 Å². The number of aromatic amines is 1. The first-order chi connectivity index (χ1) is 15.0. The fourth-order valence-electron chi connectivity index (χ4n) is 2.93. The van der Waals surface area contributed by atoms with Crippen LogP contribution in [0.25, 0.3) is 10.8 Å². The van der Waals surface area contributed by atoms with Crippen LogP contribution in [0, 0.1) is 0 Å². The molecule has 0 unspecified atom stereocenters. The van der Waals surface area contributed by atoms with Crippen molar-refractivity contribution in [2.75, 3.05) is 13.2 Å². The van der Waals surface area contributed by atoms with E-state index < -0.39 is 5.91 Å². The molecule has 3 aromatic rings. The van der Waals surface area contributed by atoms with Crippen LogP contribution in [-0.4, -0.2) is 35.0 Å². The van der Waals surface area contributed by atoms with Crippen LogP contribution in [0.15, 0.2) is 52.4 Å². The summed E-state index contributed by atoms with van der Waals surface area (Å²) in [6.07, 6.45) is 1.77. The standard InChI is InChI=1S/C23H26N4O4/c1-4-12-30-19-11-10-16(14-20(19)31-13-5-2)15(3)24-27-23(29)21-17-8-6-7-9-18(17)22(28)26-25-21/h6-11,14H,4-5,12-13H2,1-3H3,(H,26,28)(H,27,29)/b24-15+. The molecule has 1 heterocycles. The summed E-state index contributed by atoms with van der Waals surface area (Å²) < 4.78 is 11.6. The number of aromatic nitrogens is 2. The van der Waals surface area contributed by atoms with Gasteiger partial charge in [0.2, 0.25) is 0 Å². The summed E-state index contributed by atoms with van der Waals surface area (Å²) in [7, 11) is 0. The zero-order valence-corrected chi connectivity index (χ0v) is 17.9. The predicted octanol–water partition coefficient (Wildman–Crippen LogP) is 3.65. The summed E-state index contributed by atoms with van der Waals surface area (Å²) in [5, 5.41) is 11.3. The number of rotatable bonds is 9. The lowest BCUT2D eigenvalue weighted by Gasteiger charge is -2.13. The van der Waals surface area contributed by atoms with Crippen molar-refractivity contribution < 1.29 is 14.3 Å². The molecule has 0 aliphatic carbocycles.